The standard InChI is InChI=1S/C14H20N2O5/c1-2-5-15-11-8-20-7-10(11)13(17)16-6-9-3-4-12(21-9)14(18)19/h3-4,10-11,15H,2,5-8H2,1H3,(H,16,17)(H,18,19). The minimum absolute atomic E-state index is 0.0242. The van der Waals surface area contributed by atoms with Crippen molar-refractivity contribution in [1.29, 1.82) is 0 Å². The second-order valence-corrected chi connectivity index (χ2v) is 4.99. The molecular weight excluding hydrogens is 276 g/mol. The highest BCUT2D eigenvalue weighted by atomic mass is 16.5. The van der Waals surface area contributed by atoms with Crippen LogP contribution in [0.25, 0.3) is 0 Å². The summed E-state index contributed by atoms with van der Waals surface area (Å²) in [5.41, 5.74) is 0. The van der Waals surface area contributed by atoms with Crippen LogP contribution in [-0.2, 0) is 16.1 Å². The Labute approximate surface area is 122 Å². The summed E-state index contributed by atoms with van der Waals surface area (Å²) < 4.78 is 10.4. The number of carbonyl (C=O) groups excluding carboxylic acids is 1. The smallest absolute Gasteiger partial charge is 0.371 e. The second kappa shape index (κ2) is 7.24. The molecule has 0 aromatic carbocycles. The van der Waals surface area contributed by atoms with Crippen LogP contribution in [0.1, 0.15) is 29.7 Å². The normalized spacial score (nSPS) is 21.4. The summed E-state index contributed by atoms with van der Waals surface area (Å²) >= 11 is 0. The summed E-state index contributed by atoms with van der Waals surface area (Å²) in [6.07, 6.45) is 0.995. The molecule has 1 amide bonds. The minimum atomic E-state index is -1.12. The van der Waals surface area contributed by atoms with Gasteiger partial charge in [0, 0.05) is 6.04 Å². The Kier molecular flexibility index (Phi) is 5.35. The maximum absolute atomic E-state index is 12.1. The molecule has 3 N–H and O–H groups in total. The van der Waals surface area contributed by atoms with Gasteiger partial charge in [0.15, 0.2) is 0 Å². The van der Waals surface area contributed by atoms with Gasteiger partial charge in [0.1, 0.15) is 5.76 Å². The fourth-order valence-corrected chi connectivity index (χ4v) is 2.24. The summed E-state index contributed by atoms with van der Waals surface area (Å²) in [5, 5.41) is 14.8. The van der Waals surface area contributed by atoms with Crippen LogP contribution in [-0.4, -0.2) is 42.8 Å². The SMILES string of the molecule is CCCNC1COCC1C(=O)NCc1ccc(C(=O)O)o1. The Hall–Kier alpha value is -1.86. The molecule has 1 aromatic heterocycles. The molecule has 7 heteroatoms. The van der Waals surface area contributed by atoms with Crippen LogP contribution in [0.4, 0.5) is 0 Å². The second-order valence-electron chi connectivity index (χ2n) is 4.99. The summed E-state index contributed by atoms with van der Waals surface area (Å²) in [5.74, 6) is -1.19. The van der Waals surface area contributed by atoms with Gasteiger partial charge >= 0.3 is 5.97 Å². The van der Waals surface area contributed by atoms with Gasteiger partial charge in [-0.2, -0.15) is 0 Å². The van der Waals surface area contributed by atoms with E-state index in [4.69, 9.17) is 14.3 Å². The fraction of sp³-hybridized carbons (Fsp3) is 0.571. The number of carbonyl (C=O) groups is 2. The van der Waals surface area contributed by atoms with Crippen LogP contribution in [0.15, 0.2) is 16.5 Å². The topological polar surface area (TPSA) is 101 Å². The van der Waals surface area contributed by atoms with Gasteiger partial charge in [-0.3, -0.25) is 4.79 Å². The zero-order valence-electron chi connectivity index (χ0n) is 11.9. The summed E-state index contributed by atoms with van der Waals surface area (Å²) in [6.45, 7) is 4.00. The van der Waals surface area contributed by atoms with Gasteiger partial charge in [-0.25, -0.2) is 4.79 Å². The minimum Gasteiger partial charge on any atom is -0.475 e. The number of rotatable bonds is 7. The van der Waals surface area contributed by atoms with Gasteiger partial charge in [0.05, 0.1) is 25.7 Å². The molecular formula is C14H20N2O5. The zero-order valence-corrected chi connectivity index (χ0v) is 11.9. The molecule has 1 fully saturated rings. The molecule has 0 aliphatic carbocycles. The lowest BCUT2D eigenvalue weighted by Gasteiger charge is -2.18. The first-order valence-corrected chi connectivity index (χ1v) is 7.02. The molecule has 1 aliphatic heterocycles. The van der Waals surface area contributed by atoms with Crippen molar-refractivity contribution >= 4 is 11.9 Å². The molecule has 0 saturated carbocycles. The lowest BCUT2D eigenvalue weighted by Crippen LogP contribution is -2.44. The molecule has 0 radical (unpaired) electrons. The van der Waals surface area contributed by atoms with Crippen molar-refractivity contribution in [2.75, 3.05) is 19.8 Å². The third-order valence-corrected chi connectivity index (χ3v) is 3.38. The van der Waals surface area contributed by atoms with E-state index in [1.54, 1.807) is 6.07 Å². The number of carboxylic acids is 1. The molecule has 2 atom stereocenters. The highest BCUT2D eigenvalue weighted by Crippen LogP contribution is 2.15. The lowest BCUT2D eigenvalue weighted by molar-refractivity contribution is -0.125. The van der Waals surface area contributed by atoms with Crippen molar-refractivity contribution in [1.82, 2.24) is 10.6 Å². The predicted octanol–water partition coefficient (Wildman–Crippen LogP) is 0.609. The maximum Gasteiger partial charge on any atom is 0.371 e. The van der Waals surface area contributed by atoms with Crippen molar-refractivity contribution in [3.05, 3.63) is 23.7 Å². The number of carboxylic acid groups (broad SMARTS) is 1. The molecule has 2 unspecified atom stereocenters. The van der Waals surface area contributed by atoms with Crippen LogP contribution in [0.2, 0.25) is 0 Å². The quantitative estimate of drug-likeness (QED) is 0.681. The summed E-state index contributed by atoms with van der Waals surface area (Å²) in [4.78, 5) is 22.8. The van der Waals surface area contributed by atoms with Gasteiger partial charge in [-0.05, 0) is 25.1 Å². The molecule has 0 bridgehead atoms. The van der Waals surface area contributed by atoms with Crippen molar-refractivity contribution in [2.24, 2.45) is 5.92 Å². The lowest BCUT2D eigenvalue weighted by atomic mass is 10.0. The summed E-state index contributed by atoms with van der Waals surface area (Å²) in [7, 11) is 0. The Morgan fingerprint density at radius 1 is 1.38 bits per heavy atom. The number of hydrogen-bond acceptors (Lipinski definition) is 5. The van der Waals surface area contributed by atoms with Crippen LogP contribution >= 0.6 is 0 Å². The molecule has 2 heterocycles. The number of ether oxygens (including phenoxy) is 1. The highest BCUT2D eigenvalue weighted by Gasteiger charge is 2.33. The van der Waals surface area contributed by atoms with Crippen LogP contribution < -0.4 is 10.6 Å². The van der Waals surface area contributed by atoms with Gasteiger partial charge < -0.3 is 24.9 Å². The first-order valence-electron chi connectivity index (χ1n) is 7.02. The van der Waals surface area contributed by atoms with E-state index in [-0.39, 0.29) is 30.2 Å². The van der Waals surface area contributed by atoms with E-state index in [1.165, 1.54) is 6.07 Å². The van der Waals surface area contributed by atoms with E-state index in [9.17, 15) is 9.59 Å². The number of aromatic carboxylic acids is 1. The Morgan fingerprint density at radius 2 is 2.19 bits per heavy atom. The first-order chi connectivity index (χ1) is 10.1. The third-order valence-electron chi connectivity index (χ3n) is 3.38. The number of amides is 1. The van der Waals surface area contributed by atoms with E-state index >= 15 is 0 Å². The molecule has 0 spiro atoms. The van der Waals surface area contributed by atoms with Gasteiger partial charge in [0.25, 0.3) is 0 Å². The van der Waals surface area contributed by atoms with Gasteiger partial charge in [-0.15, -0.1) is 0 Å². The predicted molar refractivity (Wildman–Crippen MR) is 73.9 cm³/mol. The Bertz CT molecular complexity index is 499. The largest absolute Gasteiger partial charge is 0.475 e. The average Bonchev–Trinajstić information content (AvgIpc) is 3.11. The number of furan rings is 1. The maximum atomic E-state index is 12.1. The van der Waals surface area contributed by atoms with Crippen molar-refractivity contribution in [3.63, 3.8) is 0 Å². The van der Waals surface area contributed by atoms with Crippen molar-refractivity contribution < 1.29 is 23.8 Å². The van der Waals surface area contributed by atoms with E-state index < -0.39 is 5.97 Å². The monoisotopic (exact) mass is 296 g/mol. The number of hydrogen-bond donors (Lipinski definition) is 3. The van der Waals surface area contributed by atoms with Crippen LogP contribution in [0.3, 0.4) is 0 Å². The Morgan fingerprint density at radius 3 is 2.86 bits per heavy atom. The van der Waals surface area contributed by atoms with Crippen LogP contribution in [0, 0.1) is 5.92 Å². The molecule has 21 heavy (non-hydrogen) atoms. The first kappa shape index (κ1) is 15.5. The van der Waals surface area contributed by atoms with E-state index in [0.717, 1.165) is 13.0 Å². The summed E-state index contributed by atoms with van der Waals surface area (Å²) in [6, 6.07) is 2.94. The van der Waals surface area contributed by atoms with Gasteiger partial charge in [-0.1, -0.05) is 6.92 Å². The molecule has 1 aromatic rings. The number of nitrogens with one attached hydrogen (secondary N) is 2. The van der Waals surface area contributed by atoms with E-state index in [0.29, 0.717) is 19.0 Å². The molecule has 2 rings (SSSR count). The molecule has 1 aliphatic rings. The zero-order chi connectivity index (χ0) is 15.2. The van der Waals surface area contributed by atoms with E-state index in [1.807, 2.05) is 0 Å². The van der Waals surface area contributed by atoms with E-state index in [2.05, 4.69) is 17.6 Å². The van der Waals surface area contributed by atoms with Gasteiger partial charge in [0.2, 0.25) is 11.7 Å². The third kappa shape index (κ3) is 4.05. The Balaban J connectivity index is 1.84. The van der Waals surface area contributed by atoms with Crippen LogP contribution in [0.5, 0.6) is 0 Å². The molecule has 116 valence electrons. The molecule has 7 nitrogen and oxygen atoms in total. The fourth-order valence-electron chi connectivity index (χ4n) is 2.24. The average molecular weight is 296 g/mol. The molecule has 1 saturated heterocycles. The highest BCUT2D eigenvalue weighted by molar-refractivity contribution is 5.84. The van der Waals surface area contributed by atoms with Crippen molar-refractivity contribution in [3.8, 4) is 0 Å². The van der Waals surface area contributed by atoms with Crippen molar-refractivity contribution in [2.45, 2.75) is 25.9 Å².